The first-order valence-corrected chi connectivity index (χ1v) is 4.91. The molecule has 0 amide bonds. The van der Waals surface area contributed by atoms with Gasteiger partial charge in [-0.1, -0.05) is 17.7 Å². The predicted molar refractivity (Wildman–Crippen MR) is 57.1 cm³/mol. The molecule has 0 N–H and O–H groups in total. The van der Waals surface area contributed by atoms with Gasteiger partial charge in [-0.05, 0) is 30.7 Å². The van der Waals surface area contributed by atoms with E-state index in [-0.39, 0.29) is 22.0 Å². The Morgan fingerprint density at radius 1 is 1.00 bits per heavy atom. The van der Waals surface area contributed by atoms with E-state index in [1.807, 2.05) is 0 Å². The van der Waals surface area contributed by atoms with Crippen LogP contribution in [0, 0.1) is 18.6 Å². The maximum absolute atomic E-state index is 13.6. The molecule has 16 heavy (non-hydrogen) atoms. The summed E-state index contributed by atoms with van der Waals surface area (Å²) < 4.78 is 26.9. The molecule has 2 rings (SSSR count). The molecule has 0 saturated heterocycles. The number of aryl methyl sites for hydroxylation is 1. The summed E-state index contributed by atoms with van der Waals surface area (Å²) in [7, 11) is 0. The monoisotopic (exact) mass is 240 g/mol. The summed E-state index contributed by atoms with van der Waals surface area (Å²) in [5, 5.41) is 7.47. The fraction of sp³-hybridized carbons (Fsp3) is 0.0909. The molecular weight excluding hydrogens is 234 g/mol. The molecule has 0 saturated carbocycles. The molecule has 0 spiro atoms. The van der Waals surface area contributed by atoms with Gasteiger partial charge in [0.25, 0.3) is 0 Å². The van der Waals surface area contributed by atoms with Crippen LogP contribution < -0.4 is 0 Å². The molecule has 0 atom stereocenters. The van der Waals surface area contributed by atoms with Crippen molar-refractivity contribution in [2.75, 3.05) is 0 Å². The van der Waals surface area contributed by atoms with Crippen LogP contribution in [-0.4, -0.2) is 10.2 Å². The highest BCUT2D eigenvalue weighted by atomic mass is 35.5. The van der Waals surface area contributed by atoms with Crippen LogP contribution in [0.3, 0.4) is 0 Å². The van der Waals surface area contributed by atoms with Crippen LogP contribution >= 0.6 is 11.6 Å². The first-order chi connectivity index (χ1) is 7.59. The van der Waals surface area contributed by atoms with E-state index in [2.05, 4.69) is 10.2 Å². The van der Waals surface area contributed by atoms with Crippen molar-refractivity contribution in [3.05, 3.63) is 46.6 Å². The summed E-state index contributed by atoms with van der Waals surface area (Å²) in [6, 6.07) is 5.92. The third-order valence-corrected chi connectivity index (χ3v) is 2.38. The molecule has 2 aromatic rings. The zero-order valence-electron chi connectivity index (χ0n) is 8.34. The van der Waals surface area contributed by atoms with Crippen LogP contribution in [0.25, 0.3) is 11.3 Å². The van der Waals surface area contributed by atoms with E-state index in [1.54, 1.807) is 0 Å². The highest BCUT2D eigenvalue weighted by Gasteiger charge is 2.13. The van der Waals surface area contributed by atoms with Crippen molar-refractivity contribution in [3.8, 4) is 11.3 Å². The van der Waals surface area contributed by atoms with Crippen LogP contribution in [0.15, 0.2) is 24.3 Å². The summed E-state index contributed by atoms with van der Waals surface area (Å²) in [6.45, 7) is 1.50. The topological polar surface area (TPSA) is 25.8 Å². The molecule has 0 aliphatic rings. The zero-order chi connectivity index (χ0) is 11.7. The Bertz CT molecular complexity index is 526. The average molecular weight is 241 g/mol. The van der Waals surface area contributed by atoms with Crippen molar-refractivity contribution in [1.82, 2.24) is 10.2 Å². The summed E-state index contributed by atoms with van der Waals surface area (Å²) in [6.07, 6.45) is 0. The van der Waals surface area contributed by atoms with Crippen LogP contribution in [-0.2, 0) is 0 Å². The molecule has 0 radical (unpaired) electrons. The molecule has 82 valence electrons. The Hall–Kier alpha value is -1.55. The van der Waals surface area contributed by atoms with Gasteiger partial charge in [0.2, 0.25) is 0 Å². The molecular formula is C11H7ClF2N2. The summed E-state index contributed by atoms with van der Waals surface area (Å²) >= 11 is 5.55. The van der Waals surface area contributed by atoms with Crippen LogP contribution in [0.1, 0.15) is 5.56 Å². The molecule has 1 aromatic carbocycles. The lowest BCUT2D eigenvalue weighted by atomic mass is 10.1. The second kappa shape index (κ2) is 4.14. The van der Waals surface area contributed by atoms with Crippen molar-refractivity contribution in [3.63, 3.8) is 0 Å². The number of hydrogen-bond donors (Lipinski definition) is 0. The lowest BCUT2D eigenvalue weighted by Gasteiger charge is -2.04. The quantitative estimate of drug-likeness (QED) is 0.764. The van der Waals surface area contributed by atoms with Gasteiger partial charge in [-0.15, -0.1) is 10.2 Å². The number of hydrogen-bond acceptors (Lipinski definition) is 2. The number of aromatic nitrogens is 2. The van der Waals surface area contributed by atoms with Gasteiger partial charge in [-0.3, -0.25) is 0 Å². The minimum atomic E-state index is -0.920. The van der Waals surface area contributed by atoms with Crippen molar-refractivity contribution < 1.29 is 8.78 Å². The lowest BCUT2D eigenvalue weighted by molar-refractivity contribution is 0.505. The first kappa shape index (κ1) is 11.0. The van der Waals surface area contributed by atoms with Crippen molar-refractivity contribution in [2.45, 2.75) is 6.92 Å². The third-order valence-electron chi connectivity index (χ3n) is 2.18. The Morgan fingerprint density at radius 2 is 1.75 bits per heavy atom. The van der Waals surface area contributed by atoms with Crippen molar-refractivity contribution >= 4 is 11.6 Å². The fourth-order valence-corrected chi connectivity index (χ4v) is 1.40. The molecule has 0 fully saturated rings. The lowest BCUT2D eigenvalue weighted by Crippen LogP contribution is -1.95. The zero-order valence-corrected chi connectivity index (χ0v) is 9.09. The van der Waals surface area contributed by atoms with Gasteiger partial charge in [0.15, 0.2) is 16.8 Å². The largest absolute Gasteiger partial charge is 0.203 e. The fourth-order valence-electron chi connectivity index (χ4n) is 1.30. The van der Waals surface area contributed by atoms with Gasteiger partial charge in [0.1, 0.15) is 0 Å². The second-order valence-corrected chi connectivity index (χ2v) is 3.69. The van der Waals surface area contributed by atoms with E-state index in [9.17, 15) is 8.78 Å². The molecule has 0 unspecified atom stereocenters. The molecule has 1 aromatic heterocycles. The Morgan fingerprint density at radius 3 is 2.38 bits per heavy atom. The maximum atomic E-state index is 13.6. The van der Waals surface area contributed by atoms with Gasteiger partial charge in [-0.2, -0.15) is 0 Å². The van der Waals surface area contributed by atoms with Gasteiger partial charge in [-0.25, -0.2) is 8.78 Å². The Kier molecular flexibility index (Phi) is 2.83. The van der Waals surface area contributed by atoms with E-state index < -0.39 is 11.6 Å². The number of halogens is 3. The van der Waals surface area contributed by atoms with E-state index in [0.717, 1.165) is 0 Å². The van der Waals surface area contributed by atoms with Gasteiger partial charge in [0.05, 0.1) is 5.69 Å². The van der Waals surface area contributed by atoms with E-state index >= 15 is 0 Å². The van der Waals surface area contributed by atoms with Gasteiger partial charge < -0.3 is 0 Å². The van der Waals surface area contributed by atoms with Crippen LogP contribution in [0.2, 0.25) is 5.15 Å². The highest BCUT2D eigenvalue weighted by Crippen LogP contribution is 2.24. The Balaban J connectivity index is 2.57. The average Bonchev–Trinajstić information content (AvgIpc) is 2.28. The number of nitrogens with zero attached hydrogens (tertiary/aromatic N) is 2. The Labute approximate surface area is 95.9 Å². The van der Waals surface area contributed by atoms with E-state index in [1.165, 1.54) is 31.2 Å². The molecule has 2 nitrogen and oxygen atoms in total. The smallest absolute Gasteiger partial charge is 0.168 e. The van der Waals surface area contributed by atoms with Crippen molar-refractivity contribution in [2.24, 2.45) is 0 Å². The number of rotatable bonds is 1. The summed E-state index contributed by atoms with van der Waals surface area (Å²) in [4.78, 5) is 0. The highest BCUT2D eigenvalue weighted by molar-refractivity contribution is 6.29. The minimum Gasteiger partial charge on any atom is -0.203 e. The normalized spacial score (nSPS) is 10.5. The second-order valence-electron chi connectivity index (χ2n) is 3.30. The molecule has 0 aliphatic heterocycles. The van der Waals surface area contributed by atoms with Crippen LogP contribution in [0.5, 0.6) is 0 Å². The summed E-state index contributed by atoms with van der Waals surface area (Å²) in [5.74, 6) is -1.79. The molecule has 0 aliphatic carbocycles. The van der Waals surface area contributed by atoms with Gasteiger partial charge >= 0.3 is 0 Å². The van der Waals surface area contributed by atoms with E-state index in [0.29, 0.717) is 0 Å². The predicted octanol–water partition coefficient (Wildman–Crippen LogP) is 3.38. The standard InChI is InChI=1S/C11H7ClF2N2/c1-6-2-3-7(11(14)10(6)13)8-4-5-9(12)16-15-8/h2-5H,1H3. The SMILES string of the molecule is Cc1ccc(-c2ccc(Cl)nn2)c(F)c1F. The maximum Gasteiger partial charge on any atom is 0.168 e. The molecule has 1 heterocycles. The molecule has 0 bridgehead atoms. The first-order valence-electron chi connectivity index (χ1n) is 4.54. The van der Waals surface area contributed by atoms with E-state index in [4.69, 9.17) is 11.6 Å². The van der Waals surface area contributed by atoms with Crippen molar-refractivity contribution in [1.29, 1.82) is 0 Å². The summed E-state index contributed by atoms with van der Waals surface area (Å²) in [5.41, 5.74) is 0.580. The van der Waals surface area contributed by atoms with Crippen LogP contribution in [0.4, 0.5) is 8.78 Å². The van der Waals surface area contributed by atoms with Gasteiger partial charge in [0, 0.05) is 5.56 Å². The minimum absolute atomic E-state index is 0.0762. The molecule has 5 heteroatoms. The third kappa shape index (κ3) is 1.88. The number of benzene rings is 1.